The molecule has 0 radical (unpaired) electrons. The Hall–Kier alpha value is -1.27. The molecule has 2 aromatic rings. The van der Waals surface area contributed by atoms with E-state index in [0.717, 1.165) is 16.8 Å². The molecule has 0 aromatic heterocycles. The molecule has 2 nitrogen and oxygen atoms in total. The van der Waals surface area contributed by atoms with Gasteiger partial charge in [-0.15, -0.1) is 0 Å². The van der Waals surface area contributed by atoms with Crippen LogP contribution in [0.5, 0.6) is 0 Å². The predicted octanol–water partition coefficient (Wildman–Crippen LogP) is 3.68. The normalized spacial score (nSPS) is 10.7. The van der Waals surface area contributed by atoms with Crippen LogP contribution in [0.25, 0.3) is 0 Å². The molecular formula is C14H11IN2S. The third-order valence-electron chi connectivity index (χ3n) is 2.38. The van der Waals surface area contributed by atoms with Crippen molar-refractivity contribution >= 4 is 51.7 Å². The molecular weight excluding hydrogens is 355 g/mol. The topological polar surface area (TPSA) is 38.4 Å². The first-order chi connectivity index (χ1) is 8.65. The summed E-state index contributed by atoms with van der Waals surface area (Å²) in [5.41, 5.74) is 8.37. The number of halogens is 1. The van der Waals surface area contributed by atoms with E-state index in [1.165, 1.54) is 3.57 Å². The highest BCUT2D eigenvalue weighted by atomic mass is 127. The van der Waals surface area contributed by atoms with Crippen molar-refractivity contribution in [1.29, 1.82) is 0 Å². The Bertz CT molecular complexity index is 574. The van der Waals surface area contributed by atoms with Crippen molar-refractivity contribution in [2.75, 3.05) is 0 Å². The Morgan fingerprint density at radius 2 is 1.67 bits per heavy atom. The first-order valence-corrected chi connectivity index (χ1v) is 6.83. The Balaban J connectivity index is 2.13. The summed E-state index contributed by atoms with van der Waals surface area (Å²) < 4.78 is 1.20. The average molecular weight is 366 g/mol. The van der Waals surface area contributed by atoms with Crippen LogP contribution in [0.2, 0.25) is 0 Å². The number of nitrogens with zero attached hydrogens (tertiary/aromatic N) is 1. The van der Waals surface area contributed by atoms with Gasteiger partial charge < -0.3 is 5.73 Å². The molecule has 0 fully saturated rings. The molecule has 0 aliphatic heterocycles. The van der Waals surface area contributed by atoms with E-state index in [4.69, 9.17) is 18.0 Å². The van der Waals surface area contributed by atoms with Gasteiger partial charge in [0, 0.05) is 15.3 Å². The van der Waals surface area contributed by atoms with Crippen molar-refractivity contribution in [3.8, 4) is 0 Å². The molecule has 0 unspecified atom stereocenters. The summed E-state index contributed by atoms with van der Waals surface area (Å²) in [5.74, 6) is 0. The average Bonchev–Trinajstić information content (AvgIpc) is 2.38. The zero-order chi connectivity index (χ0) is 13.0. The smallest absolute Gasteiger partial charge is 0.103 e. The minimum Gasteiger partial charge on any atom is -0.389 e. The minimum atomic E-state index is 0.413. The molecule has 90 valence electrons. The van der Waals surface area contributed by atoms with Gasteiger partial charge in [-0.05, 0) is 52.4 Å². The lowest BCUT2D eigenvalue weighted by Crippen LogP contribution is -2.08. The summed E-state index contributed by atoms with van der Waals surface area (Å²) in [7, 11) is 0. The minimum absolute atomic E-state index is 0.413. The molecule has 0 saturated heterocycles. The molecule has 0 atom stereocenters. The lowest BCUT2D eigenvalue weighted by atomic mass is 10.1. The fourth-order valence-electron chi connectivity index (χ4n) is 1.41. The van der Waals surface area contributed by atoms with Gasteiger partial charge in [0.1, 0.15) is 4.99 Å². The molecule has 0 spiro atoms. The van der Waals surface area contributed by atoms with Crippen molar-refractivity contribution in [3.05, 3.63) is 63.2 Å². The zero-order valence-electron chi connectivity index (χ0n) is 9.51. The van der Waals surface area contributed by atoms with E-state index in [9.17, 15) is 0 Å². The predicted molar refractivity (Wildman–Crippen MR) is 88.7 cm³/mol. The molecule has 0 heterocycles. The van der Waals surface area contributed by atoms with E-state index < -0.39 is 0 Å². The molecule has 2 N–H and O–H groups in total. The maximum Gasteiger partial charge on any atom is 0.103 e. The van der Waals surface area contributed by atoms with E-state index in [0.29, 0.717) is 4.99 Å². The van der Waals surface area contributed by atoms with Crippen LogP contribution in [0.15, 0.2) is 53.5 Å². The van der Waals surface area contributed by atoms with Crippen LogP contribution in [0.4, 0.5) is 5.69 Å². The van der Waals surface area contributed by atoms with E-state index in [2.05, 4.69) is 27.6 Å². The summed E-state index contributed by atoms with van der Waals surface area (Å²) in [6.07, 6.45) is 1.82. The third kappa shape index (κ3) is 3.61. The van der Waals surface area contributed by atoms with E-state index in [1.54, 1.807) is 0 Å². The first kappa shape index (κ1) is 13.2. The van der Waals surface area contributed by atoms with Crippen molar-refractivity contribution in [2.24, 2.45) is 10.7 Å². The van der Waals surface area contributed by atoms with Gasteiger partial charge in [-0.3, -0.25) is 4.99 Å². The van der Waals surface area contributed by atoms with Crippen molar-refractivity contribution in [1.82, 2.24) is 0 Å². The Kier molecular flexibility index (Phi) is 4.43. The number of aliphatic imine (C=N–C) groups is 1. The molecule has 4 heteroatoms. The summed E-state index contributed by atoms with van der Waals surface area (Å²) in [6, 6.07) is 15.7. The number of benzene rings is 2. The number of hydrogen-bond donors (Lipinski definition) is 1. The monoisotopic (exact) mass is 366 g/mol. The van der Waals surface area contributed by atoms with Crippen molar-refractivity contribution in [3.63, 3.8) is 0 Å². The van der Waals surface area contributed by atoms with Gasteiger partial charge in [0.25, 0.3) is 0 Å². The number of rotatable bonds is 3. The maximum absolute atomic E-state index is 5.54. The first-order valence-electron chi connectivity index (χ1n) is 5.34. The molecule has 0 aliphatic carbocycles. The van der Waals surface area contributed by atoms with E-state index in [1.807, 2.05) is 54.7 Å². The van der Waals surface area contributed by atoms with Crippen molar-refractivity contribution < 1.29 is 0 Å². The van der Waals surface area contributed by atoms with Gasteiger partial charge in [-0.25, -0.2) is 0 Å². The van der Waals surface area contributed by atoms with Crippen LogP contribution in [-0.4, -0.2) is 11.2 Å². The number of nitrogens with two attached hydrogens (primary N) is 1. The van der Waals surface area contributed by atoms with Gasteiger partial charge in [-0.2, -0.15) is 0 Å². The second-order valence-electron chi connectivity index (χ2n) is 3.72. The van der Waals surface area contributed by atoms with Crippen molar-refractivity contribution in [2.45, 2.75) is 0 Å². The summed E-state index contributed by atoms with van der Waals surface area (Å²) in [4.78, 5) is 4.81. The summed E-state index contributed by atoms with van der Waals surface area (Å²) in [6.45, 7) is 0. The Morgan fingerprint density at radius 1 is 1.06 bits per heavy atom. The van der Waals surface area contributed by atoms with Gasteiger partial charge in [0.15, 0.2) is 0 Å². The van der Waals surface area contributed by atoms with Crippen LogP contribution in [0.1, 0.15) is 11.1 Å². The molecule has 2 rings (SSSR count). The molecule has 18 heavy (non-hydrogen) atoms. The number of hydrogen-bond acceptors (Lipinski definition) is 2. The van der Waals surface area contributed by atoms with Gasteiger partial charge >= 0.3 is 0 Å². The van der Waals surface area contributed by atoms with E-state index in [-0.39, 0.29) is 0 Å². The quantitative estimate of drug-likeness (QED) is 0.511. The van der Waals surface area contributed by atoms with Crippen LogP contribution in [0, 0.1) is 3.57 Å². The fourth-order valence-corrected chi connectivity index (χ4v) is 1.91. The molecule has 0 amide bonds. The lowest BCUT2D eigenvalue weighted by Gasteiger charge is -1.98. The van der Waals surface area contributed by atoms with Crippen LogP contribution in [0.3, 0.4) is 0 Å². The maximum atomic E-state index is 5.54. The Labute approximate surface area is 125 Å². The molecule has 0 saturated carbocycles. The second kappa shape index (κ2) is 6.06. The third-order valence-corrected chi connectivity index (χ3v) is 3.34. The Morgan fingerprint density at radius 3 is 2.22 bits per heavy atom. The number of thiocarbonyl (C=S) groups is 1. The van der Waals surface area contributed by atoms with Gasteiger partial charge in [-0.1, -0.05) is 36.5 Å². The largest absolute Gasteiger partial charge is 0.389 e. The van der Waals surface area contributed by atoms with Crippen LogP contribution < -0.4 is 5.73 Å². The highest BCUT2D eigenvalue weighted by Crippen LogP contribution is 2.14. The summed E-state index contributed by atoms with van der Waals surface area (Å²) in [5, 5.41) is 0. The van der Waals surface area contributed by atoms with E-state index >= 15 is 0 Å². The fraction of sp³-hybridized carbons (Fsp3) is 0. The van der Waals surface area contributed by atoms with Gasteiger partial charge in [0.05, 0.1) is 5.69 Å². The SMILES string of the molecule is NC(=S)c1ccc(C=Nc2ccc(I)cc2)cc1. The summed E-state index contributed by atoms with van der Waals surface area (Å²) >= 11 is 7.17. The van der Waals surface area contributed by atoms with Gasteiger partial charge in [0.2, 0.25) is 0 Å². The molecule has 2 aromatic carbocycles. The van der Waals surface area contributed by atoms with Crippen LogP contribution in [-0.2, 0) is 0 Å². The lowest BCUT2D eigenvalue weighted by molar-refractivity contribution is 1.51. The standard InChI is InChI=1S/C14H11IN2S/c15-12-5-7-13(8-6-12)17-9-10-1-3-11(4-2-10)14(16)18/h1-9H,(H2,16,18). The molecule has 0 bridgehead atoms. The van der Waals surface area contributed by atoms with Crippen LogP contribution >= 0.6 is 34.8 Å². The highest BCUT2D eigenvalue weighted by molar-refractivity contribution is 14.1. The molecule has 0 aliphatic rings. The zero-order valence-corrected chi connectivity index (χ0v) is 12.5. The second-order valence-corrected chi connectivity index (χ2v) is 5.41. The highest BCUT2D eigenvalue weighted by Gasteiger charge is 1.95.